The van der Waals surface area contributed by atoms with Crippen molar-refractivity contribution in [3.8, 4) is 0 Å². The van der Waals surface area contributed by atoms with E-state index in [-0.39, 0.29) is 0 Å². The average Bonchev–Trinajstić information content (AvgIpc) is 2.83. The molecule has 6 heteroatoms. The van der Waals surface area contributed by atoms with Gasteiger partial charge in [0.15, 0.2) is 0 Å². The summed E-state index contributed by atoms with van der Waals surface area (Å²) >= 11 is 0. The fourth-order valence-electron chi connectivity index (χ4n) is 4.19. The van der Waals surface area contributed by atoms with Gasteiger partial charge in [0.05, 0.1) is 0 Å². The summed E-state index contributed by atoms with van der Waals surface area (Å²) in [5, 5.41) is 4.28. The van der Waals surface area contributed by atoms with Gasteiger partial charge in [-0.1, -0.05) is 0 Å². The second kappa shape index (κ2) is 11.2. The van der Waals surface area contributed by atoms with Crippen LogP contribution in [0, 0.1) is 0 Å². The van der Waals surface area contributed by atoms with Crippen molar-refractivity contribution in [2.24, 2.45) is 0 Å². The molecular formula is C27H27O4PS. The van der Waals surface area contributed by atoms with Crippen LogP contribution in [-0.2, 0) is 16.6 Å². The maximum atomic E-state index is 8.74. The van der Waals surface area contributed by atoms with Gasteiger partial charge < -0.3 is 0 Å². The largest absolute Gasteiger partial charge is 0.394 e. The topological polar surface area (TPSA) is 74.6 Å². The van der Waals surface area contributed by atoms with Crippen LogP contribution in [0.5, 0.6) is 0 Å². The molecule has 0 radical (unpaired) electrons. The van der Waals surface area contributed by atoms with E-state index in [0.717, 1.165) is 6.16 Å². The van der Waals surface area contributed by atoms with Crippen LogP contribution in [0.4, 0.5) is 0 Å². The van der Waals surface area contributed by atoms with Crippen molar-refractivity contribution in [3.05, 3.63) is 133 Å². The molecule has 0 fully saturated rings. The smallest absolute Gasteiger partial charge is 0.264 e. The molecule has 170 valence electrons. The number of benzene rings is 4. The molecule has 0 aliphatic heterocycles. The molecule has 0 bridgehead atoms. The second-order valence-corrected chi connectivity index (χ2v) is 12.3. The third-order valence-corrected chi connectivity index (χ3v) is 10.4. The first kappa shape index (κ1) is 24.6. The molecule has 2 N–H and O–H groups in total. The van der Waals surface area contributed by atoms with Crippen molar-refractivity contribution in [2.45, 2.75) is 6.16 Å². The Hall–Kier alpha value is -3.08. The number of rotatable bonds is 6. The first-order valence-electron chi connectivity index (χ1n) is 10.4. The van der Waals surface area contributed by atoms with Crippen molar-refractivity contribution in [2.75, 3.05) is 0 Å². The molecule has 0 aliphatic carbocycles. The van der Waals surface area contributed by atoms with Gasteiger partial charge >= 0.3 is 179 Å². The van der Waals surface area contributed by atoms with E-state index < -0.39 is 17.7 Å². The molecule has 4 aromatic carbocycles. The summed E-state index contributed by atoms with van der Waals surface area (Å²) in [5.41, 5.74) is 2.61. The standard InChI is InChI=1S/C27H25P.H2O4S/c1-2-24-16-12-13-21-27(24)28(25-17-8-4-9-18-25,26-19-10-5-11-20-26)22-23-14-6-3-7-15-23;1-5(2,3)4/h2-21,28H,1,22H2;(H2,1,2,3,4). The molecule has 0 amide bonds. The molecule has 0 aliphatic rings. The molecule has 33 heavy (non-hydrogen) atoms. The molecule has 0 heterocycles. The normalized spacial score (nSPS) is 11.7. The van der Waals surface area contributed by atoms with Gasteiger partial charge in [0.25, 0.3) is 0 Å². The molecule has 0 spiro atoms. The Kier molecular flexibility index (Phi) is 8.32. The van der Waals surface area contributed by atoms with E-state index in [9.17, 15) is 0 Å². The summed E-state index contributed by atoms with van der Waals surface area (Å²) in [4.78, 5) is 0. The zero-order valence-corrected chi connectivity index (χ0v) is 19.9. The molecular weight excluding hydrogens is 451 g/mol. The molecule has 4 rings (SSSR count). The summed E-state index contributed by atoms with van der Waals surface area (Å²) in [6.07, 6.45) is 3.03. The van der Waals surface area contributed by atoms with Gasteiger partial charge in [-0.15, -0.1) is 0 Å². The van der Waals surface area contributed by atoms with Crippen LogP contribution in [0.3, 0.4) is 0 Å². The van der Waals surface area contributed by atoms with Crippen LogP contribution in [-0.4, -0.2) is 17.5 Å². The molecule has 0 atom stereocenters. The van der Waals surface area contributed by atoms with Crippen LogP contribution in [0.2, 0.25) is 0 Å². The fraction of sp³-hybridized carbons (Fsp3) is 0.0370. The van der Waals surface area contributed by atoms with Gasteiger partial charge in [-0.25, -0.2) is 0 Å². The van der Waals surface area contributed by atoms with Gasteiger partial charge in [0.2, 0.25) is 0 Å². The van der Waals surface area contributed by atoms with Crippen molar-refractivity contribution < 1.29 is 17.5 Å². The summed E-state index contributed by atoms with van der Waals surface area (Å²) < 4.78 is 31.6. The maximum absolute atomic E-state index is 8.74. The fourth-order valence-corrected chi connectivity index (χ4v) is 9.17. The van der Waals surface area contributed by atoms with E-state index >= 15 is 0 Å². The van der Waals surface area contributed by atoms with E-state index in [1.54, 1.807) is 0 Å². The Balaban J connectivity index is 0.000000555. The summed E-state index contributed by atoms with van der Waals surface area (Å²) in [5.74, 6) is 0. The molecule has 0 unspecified atom stereocenters. The molecule has 0 saturated heterocycles. The van der Waals surface area contributed by atoms with Crippen molar-refractivity contribution in [1.29, 1.82) is 0 Å². The summed E-state index contributed by atoms with van der Waals surface area (Å²) in [7, 11) is -6.97. The minimum atomic E-state index is -4.67. The van der Waals surface area contributed by atoms with Gasteiger partial charge in [0, 0.05) is 0 Å². The SMILES string of the molecule is C=Cc1ccccc1[PH](Cc1ccccc1)(c1ccccc1)c1ccccc1.O=S(=O)(O)O. The van der Waals surface area contributed by atoms with E-state index in [4.69, 9.17) is 17.5 Å². The Bertz CT molecular complexity index is 1230. The van der Waals surface area contributed by atoms with E-state index in [0.29, 0.717) is 0 Å². The zero-order chi connectivity index (χ0) is 23.7. The third-order valence-electron chi connectivity index (χ3n) is 5.49. The third kappa shape index (κ3) is 6.47. The predicted molar refractivity (Wildman–Crippen MR) is 141 cm³/mol. The monoisotopic (exact) mass is 478 g/mol. The zero-order valence-electron chi connectivity index (χ0n) is 18.1. The van der Waals surface area contributed by atoms with Crippen LogP contribution in [0.15, 0.2) is 122 Å². The second-order valence-electron chi connectivity index (χ2n) is 7.54. The average molecular weight is 479 g/mol. The Labute approximate surface area is 196 Å². The van der Waals surface area contributed by atoms with Crippen LogP contribution in [0.25, 0.3) is 6.08 Å². The van der Waals surface area contributed by atoms with Gasteiger partial charge in [-0.05, 0) is 0 Å². The van der Waals surface area contributed by atoms with Gasteiger partial charge in [-0.3, -0.25) is 9.11 Å². The number of hydrogen-bond acceptors (Lipinski definition) is 2. The van der Waals surface area contributed by atoms with Gasteiger partial charge in [-0.2, -0.15) is 8.42 Å². The first-order valence-corrected chi connectivity index (χ1v) is 14.0. The van der Waals surface area contributed by atoms with Crippen LogP contribution >= 0.6 is 7.26 Å². The Morgan fingerprint density at radius 1 is 0.667 bits per heavy atom. The predicted octanol–water partition coefficient (Wildman–Crippen LogP) is 4.90. The van der Waals surface area contributed by atoms with Crippen LogP contribution < -0.4 is 15.9 Å². The van der Waals surface area contributed by atoms with Crippen molar-refractivity contribution in [3.63, 3.8) is 0 Å². The summed E-state index contributed by atoms with van der Waals surface area (Å²) in [6, 6.07) is 41.8. The quantitative estimate of drug-likeness (QED) is 0.305. The maximum Gasteiger partial charge on any atom is 0.394 e. The van der Waals surface area contributed by atoms with E-state index in [2.05, 4.69) is 122 Å². The van der Waals surface area contributed by atoms with E-state index in [1.165, 1.54) is 27.0 Å². The molecule has 0 saturated carbocycles. The summed E-state index contributed by atoms with van der Waals surface area (Å²) in [6.45, 7) is 4.12. The molecule has 4 aromatic rings. The minimum absolute atomic E-state index is 1.02. The van der Waals surface area contributed by atoms with E-state index in [1.807, 2.05) is 6.08 Å². The van der Waals surface area contributed by atoms with Gasteiger partial charge in [0.1, 0.15) is 0 Å². The van der Waals surface area contributed by atoms with Crippen LogP contribution in [0.1, 0.15) is 11.1 Å². The molecule has 4 nitrogen and oxygen atoms in total. The molecule has 0 aromatic heterocycles. The van der Waals surface area contributed by atoms with Crippen molar-refractivity contribution in [1.82, 2.24) is 0 Å². The minimum Gasteiger partial charge on any atom is -0.264 e. The Morgan fingerprint density at radius 3 is 1.52 bits per heavy atom. The Morgan fingerprint density at radius 2 is 1.06 bits per heavy atom. The first-order chi connectivity index (χ1) is 15.8. The van der Waals surface area contributed by atoms with Crippen molar-refractivity contribution >= 4 is 39.7 Å². The number of hydrogen-bond donors (Lipinski definition) is 2.